The Kier molecular flexibility index (Phi) is 7.01. The van der Waals surface area contributed by atoms with Gasteiger partial charge in [0.1, 0.15) is 5.75 Å². The summed E-state index contributed by atoms with van der Waals surface area (Å²) in [6.07, 6.45) is 6.99. The van der Waals surface area contributed by atoms with Crippen molar-refractivity contribution in [2.75, 3.05) is 26.2 Å². The average Bonchev–Trinajstić information content (AvgIpc) is 2.72. The van der Waals surface area contributed by atoms with Crippen LogP contribution >= 0.6 is 0 Å². The average molecular weight is 383 g/mol. The molecule has 2 aromatic rings. The summed E-state index contributed by atoms with van der Waals surface area (Å²) in [6, 6.07) is 11.2. The Labute approximate surface area is 166 Å². The summed E-state index contributed by atoms with van der Waals surface area (Å²) < 4.78 is 0. The summed E-state index contributed by atoms with van der Waals surface area (Å²) in [5.41, 5.74) is 1.28. The Bertz CT molecular complexity index is 762. The van der Waals surface area contributed by atoms with Crippen molar-refractivity contribution in [2.45, 2.75) is 31.7 Å². The van der Waals surface area contributed by atoms with Gasteiger partial charge in [-0.25, -0.2) is 0 Å². The van der Waals surface area contributed by atoms with Gasteiger partial charge in [-0.15, -0.1) is 0 Å². The smallest absolute Gasteiger partial charge is 0.216 e. The number of pyridine rings is 1. The fourth-order valence-corrected chi connectivity index (χ4v) is 3.96. The number of hydrogen-bond donors (Lipinski definition) is 4. The van der Waals surface area contributed by atoms with Gasteiger partial charge in [0.15, 0.2) is 0 Å². The van der Waals surface area contributed by atoms with Gasteiger partial charge in [-0.1, -0.05) is 12.1 Å². The van der Waals surface area contributed by atoms with E-state index >= 15 is 0 Å². The number of nitrogens with zero attached hydrogens (tertiary/aromatic N) is 1. The number of rotatable bonds is 8. The van der Waals surface area contributed by atoms with Gasteiger partial charge in [-0.2, -0.15) is 0 Å². The number of amides is 1. The van der Waals surface area contributed by atoms with Crippen LogP contribution in [0, 0.1) is 5.92 Å². The lowest BCUT2D eigenvalue weighted by molar-refractivity contribution is -0.119. The van der Waals surface area contributed by atoms with Crippen molar-refractivity contribution < 1.29 is 9.90 Å². The number of phenolic OH excluding ortho intramolecular Hbond substituents is 1. The lowest BCUT2D eigenvalue weighted by Crippen LogP contribution is -2.52. The SMILES string of the molecule is CC(=O)NCC(NCCC1CCNCC1)(c1ccncc1)c1cccc(O)c1. The highest BCUT2D eigenvalue weighted by atomic mass is 16.3. The molecule has 0 spiro atoms. The first-order valence-corrected chi connectivity index (χ1v) is 10.0. The molecule has 28 heavy (non-hydrogen) atoms. The predicted molar refractivity (Wildman–Crippen MR) is 110 cm³/mol. The van der Waals surface area contributed by atoms with Crippen LogP contribution < -0.4 is 16.0 Å². The predicted octanol–water partition coefficient (Wildman–Crippen LogP) is 2.15. The van der Waals surface area contributed by atoms with E-state index in [2.05, 4.69) is 20.9 Å². The maximum absolute atomic E-state index is 11.7. The van der Waals surface area contributed by atoms with E-state index in [1.165, 1.54) is 19.8 Å². The monoisotopic (exact) mass is 382 g/mol. The Balaban J connectivity index is 1.90. The van der Waals surface area contributed by atoms with Crippen LogP contribution in [0.3, 0.4) is 0 Å². The zero-order valence-electron chi connectivity index (χ0n) is 16.4. The highest BCUT2D eigenvalue weighted by molar-refractivity contribution is 5.73. The van der Waals surface area contributed by atoms with Crippen molar-refractivity contribution in [3.05, 3.63) is 59.9 Å². The number of carbonyl (C=O) groups excluding carboxylic acids is 1. The van der Waals surface area contributed by atoms with E-state index in [0.717, 1.165) is 37.2 Å². The Morgan fingerprint density at radius 1 is 1.21 bits per heavy atom. The van der Waals surface area contributed by atoms with Gasteiger partial charge >= 0.3 is 0 Å². The molecule has 2 heterocycles. The Morgan fingerprint density at radius 3 is 2.64 bits per heavy atom. The quantitative estimate of drug-likeness (QED) is 0.562. The molecule has 0 bridgehead atoms. The van der Waals surface area contributed by atoms with E-state index in [1.54, 1.807) is 24.5 Å². The number of phenols is 1. The van der Waals surface area contributed by atoms with Crippen LogP contribution in [0.15, 0.2) is 48.8 Å². The van der Waals surface area contributed by atoms with E-state index in [1.807, 2.05) is 24.3 Å². The van der Waals surface area contributed by atoms with Crippen molar-refractivity contribution >= 4 is 5.91 Å². The highest BCUT2D eigenvalue weighted by Gasteiger charge is 2.34. The van der Waals surface area contributed by atoms with Crippen LogP contribution in [-0.2, 0) is 10.3 Å². The second-order valence-electron chi connectivity index (χ2n) is 7.51. The van der Waals surface area contributed by atoms with Crippen molar-refractivity contribution in [3.8, 4) is 5.75 Å². The van der Waals surface area contributed by atoms with Crippen molar-refractivity contribution in [1.29, 1.82) is 0 Å². The molecule has 1 aliphatic heterocycles. The van der Waals surface area contributed by atoms with Gasteiger partial charge < -0.3 is 21.1 Å². The van der Waals surface area contributed by atoms with Crippen LogP contribution in [0.5, 0.6) is 5.75 Å². The zero-order chi connectivity index (χ0) is 19.8. The summed E-state index contributed by atoms with van der Waals surface area (Å²) in [6.45, 7) is 4.90. The summed E-state index contributed by atoms with van der Waals surface area (Å²) in [5.74, 6) is 0.825. The maximum atomic E-state index is 11.7. The molecule has 0 radical (unpaired) electrons. The number of piperidine rings is 1. The fourth-order valence-electron chi connectivity index (χ4n) is 3.96. The van der Waals surface area contributed by atoms with E-state index in [4.69, 9.17) is 0 Å². The first-order valence-electron chi connectivity index (χ1n) is 10.0. The molecule has 0 aliphatic carbocycles. The molecule has 1 aliphatic rings. The van der Waals surface area contributed by atoms with Crippen LogP contribution in [-0.4, -0.2) is 42.2 Å². The standard InChI is InChI=1S/C22H30N4O2/c1-17(27)25-16-22(19-8-12-24-13-9-19,20-3-2-4-21(28)15-20)26-14-7-18-5-10-23-11-6-18/h2-4,8-9,12-13,15,18,23,26,28H,5-7,10-11,14,16H2,1H3,(H,25,27). The van der Waals surface area contributed by atoms with Gasteiger partial charge in [0.05, 0.1) is 5.54 Å². The van der Waals surface area contributed by atoms with Gasteiger partial charge in [0.25, 0.3) is 0 Å². The molecule has 3 rings (SSSR count). The fraction of sp³-hybridized carbons (Fsp3) is 0.455. The molecule has 6 heteroatoms. The normalized spacial score (nSPS) is 17.0. The molecule has 4 N–H and O–H groups in total. The van der Waals surface area contributed by atoms with Crippen LogP contribution in [0.4, 0.5) is 0 Å². The van der Waals surface area contributed by atoms with Crippen LogP contribution in [0.1, 0.15) is 37.3 Å². The number of nitrogens with one attached hydrogen (secondary N) is 3. The molecule has 1 saturated heterocycles. The molecule has 1 aromatic heterocycles. The minimum Gasteiger partial charge on any atom is -0.508 e. The third kappa shape index (κ3) is 5.09. The van der Waals surface area contributed by atoms with Crippen molar-refractivity contribution in [2.24, 2.45) is 5.92 Å². The summed E-state index contributed by atoms with van der Waals surface area (Å²) in [4.78, 5) is 15.9. The second-order valence-corrected chi connectivity index (χ2v) is 7.51. The van der Waals surface area contributed by atoms with Gasteiger partial charge in [0.2, 0.25) is 5.91 Å². The molecule has 1 aromatic carbocycles. The molecule has 1 amide bonds. The maximum Gasteiger partial charge on any atom is 0.216 e. The first kappa shape index (κ1) is 20.3. The number of benzene rings is 1. The minimum atomic E-state index is -0.639. The van der Waals surface area contributed by atoms with Crippen LogP contribution in [0.2, 0.25) is 0 Å². The third-order valence-electron chi connectivity index (χ3n) is 5.55. The molecule has 6 nitrogen and oxygen atoms in total. The highest BCUT2D eigenvalue weighted by Crippen LogP contribution is 2.31. The number of aromatic nitrogens is 1. The number of aromatic hydroxyl groups is 1. The lowest BCUT2D eigenvalue weighted by atomic mass is 9.82. The summed E-state index contributed by atoms with van der Waals surface area (Å²) in [5, 5.41) is 20.2. The second kappa shape index (κ2) is 9.66. The number of carbonyl (C=O) groups is 1. The zero-order valence-corrected chi connectivity index (χ0v) is 16.4. The molecule has 1 fully saturated rings. The molecular formula is C22H30N4O2. The molecule has 150 valence electrons. The number of hydrogen-bond acceptors (Lipinski definition) is 5. The van der Waals surface area contributed by atoms with E-state index in [-0.39, 0.29) is 11.7 Å². The van der Waals surface area contributed by atoms with E-state index < -0.39 is 5.54 Å². The van der Waals surface area contributed by atoms with Crippen molar-refractivity contribution in [1.82, 2.24) is 20.9 Å². The minimum absolute atomic E-state index is 0.0845. The molecular weight excluding hydrogens is 352 g/mol. The lowest BCUT2D eigenvalue weighted by Gasteiger charge is -2.37. The van der Waals surface area contributed by atoms with Gasteiger partial charge in [-0.3, -0.25) is 9.78 Å². The van der Waals surface area contributed by atoms with E-state index in [0.29, 0.717) is 12.5 Å². The summed E-state index contributed by atoms with van der Waals surface area (Å²) >= 11 is 0. The summed E-state index contributed by atoms with van der Waals surface area (Å²) in [7, 11) is 0. The molecule has 0 saturated carbocycles. The molecule has 1 unspecified atom stereocenters. The van der Waals surface area contributed by atoms with Crippen molar-refractivity contribution in [3.63, 3.8) is 0 Å². The topological polar surface area (TPSA) is 86.3 Å². The molecule has 1 atom stereocenters. The Morgan fingerprint density at radius 2 is 1.96 bits per heavy atom. The Hall–Kier alpha value is -2.44. The van der Waals surface area contributed by atoms with Gasteiger partial charge in [-0.05, 0) is 80.2 Å². The van der Waals surface area contributed by atoms with Gasteiger partial charge in [0, 0.05) is 25.9 Å². The largest absolute Gasteiger partial charge is 0.508 e. The van der Waals surface area contributed by atoms with E-state index in [9.17, 15) is 9.90 Å². The van der Waals surface area contributed by atoms with Crippen LogP contribution in [0.25, 0.3) is 0 Å². The third-order valence-corrected chi connectivity index (χ3v) is 5.55. The first-order chi connectivity index (χ1) is 13.6.